The smallest absolute Gasteiger partial charge is 0.118 e. The summed E-state index contributed by atoms with van der Waals surface area (Å²) in [6, 6.07) is 7.88. The predicted molar refractivity (Wildman–Crippen MR) is 117 cm³/mol. The Morgan fingerprint density at radius 3 is 2.04 bits per heavy atom. The first kappa shape index (κ1) is 23.2. The van der Waals surface area contributed by atoms with Gasteiger partial charge < -0.3 is 14.6 Å². The monoisotopic (exact) mass is 394 g/mol. The molecule has 0 amide bonds. The second-order valence-electron chi connectivity index (χ2n) is 9.37. The summed E-state index contributed by atoms with van der Waals surface area (Å²) in [5, 5.41) is 11.1. The van der Waals surface area contributed by atoms with Crippen LogP contribution in [0.15, 0.2) is 36.4 Å². The van der Waals surface area contributed by atoms with E-state index in [9.17, 15) is 5.11 Å². The lowest BCUT2D eigenvalue weighted by Crippen LogP contribution is -2.45. The minimum Gasteiger partial charge on any atom is -0.497 e. The van der Waals surface area contributed by atoms with Crippen LogP contribution < -0.4 is 4.74 Å². The van der Waals surface area contributed by atoms with Crippen molar-refractivity contribution in [2.24, 2.45) is 0 Å². The fraction of sp³-hybridized carbons (Fsp3) is 0.619. The Labute approximate surface area is 162 Å². The topological polar surface area (TPSA) is 38.7 Å². The van der Waals surface area contributed by atoms with E-state index in [1.807, 2.05) is 24.3 Å². The number of ether oxygens (including phenoxy) is 2. The lowest BCUT2D eigenvalue weighted by molar-refractivity contribution is 0.0735. The van der Waals surface area contributed by atoms with Crippen molar-refractivity contribution in [3.63, 3.8) is 0 Å². The summed E-state index contributed by atoms with van der Waals surface area (Å²) in [6.07, 6.45) is 0.985. The molecule has 0 fully saturated rings. The van der Waals surface area contributed by atoms with E-state index >= 15 is 0 Å². The summed E-state index contributed by atoms with van der Waals surface area (Å²) < 4.78 is 10.9. The van der Waals surface area contributed by atoms with Crippen molar-refractivity contribution < 1.29 is 14.6 Å². The minimum absolute atomic E-state index is 0.367. The van der Waals surface area contributed by atoms with Crippen LogP contribution in [0.4, 0.5) is 0 Å². The summed E-state index contributed by atoms with van der Waals surface area (Å²) in [5.41, 5.74) is 2.37. The summed E-state index contributed by atoms with van der Waals surface area (Å²) >= 11 is 0. The number of aliphatic hydroxyl groups is 1. The molecule has 0 bridgehead atoms. The highest BCUT2D eigenvalue weighted by atomic mass is 28.4. The first-order chi connectivity index (χ1) is 11.9. The molecule has 3 nitrogen and oxygen atoms in total. The summed E-state index contributed by atoms with van der Waals surface area (Å²) in [7, 11) is -1.00. The maximum atomic E-state index is 10.4. The summed E-state index contributed by atoms with van der Waals surface area (Å²) in [6.45, 7) is 20.0. The average Bonchev–Trinajstić information content (AvgIpc) is 2.49. The highest BCUT2D eigenvalue weighted by Crippen LogP contribution is 2.39. The van der Waals surface area contributed by atoms with Gasteiger partial charge in [0, 0.05) is 22.8 Å². The third-order valence-corrected chi connectivity index (χ3v) is 14.1. The second kappa shape index (κ2) is 9.88. The number of rotatable bonds is 11. The van der Waals surface area contributed by atoms with Crippen LogP contribution in [0.5, 0.6) is 5.75 Å². The molecule has 148 valence electrons. The molecule has 0 radical (unpaired) electrons. The van der Waals surface area contributed by atoms with Crippen molar-refractivity contribution in [2.45, 2.75) is 70.0 Å². The van der Waals surface area contributed by atoms with Crippen LogP contribution in [0.2, 0.25) is 44.4 Å². The number of methoxy groups -OCH3 is 1. The largest absolute Gasteiger partial charge is 0.497 e. The first-order valence-corrected chi connectivity index (χ1v) is 16.7. The van der Waals surface area contributed by atoms with Crippen LogP contribution in [0.25, 0.3) is 0 Å². The molecule has 0 heterocycles. The zero-order valence-electron chi connectivity index (χ0n) is 17.8. The van der Waals surface area contributed by atoms with Crippen molar-refractivity contribution in [2.75, 3.05) is 13.7 Å². The molecule has 0 aliphatic rings. The number of hydrogen-bond acceptors (Lipinski definition) is 3. The molecule has 5 heteroatoms. The quantitative estimate of drug-likeness (QED) is 0.306. The molecule has 0 aliphatic carbocycles. The third kappa shape index (κ3) is 7.78. The molecule has 0 spiro atoms. The highest BCUT2D eigenvalue weighted by Gasteiger charge is 2.39. The van der Waals surface area contributed by atoms with Gasteiger partial charge in [0.2, 0.25) is 0 Å². The van der Waals surface area contributed by atoms with E-state index in [2.05, 4.69) is 45.9 Å². The van der Waals surface area contributed by atoms with E-state index in [0.29, 0.717) is 31.2 Å². The zero-order valence-corrected chi connectivity index (χ0v) is 19.8. The van der Waals surface area contributed by atoms with Crippen LogP contribution in [0.1, 0.15) is 18.4 Å². The number of benzene rings is 1. The molecule has 26 heavy (non-hydrogen) atoms. The Kier molecular flexibility index (Phi) is 8.80. The molecule has 0 aliphatic heterocycles. The Hall–Kier alpha value is -0.886. The lowest BCUT2D eigenvalue weighted by atomic mass is 10.1. The van der Waals surface area contributed by atoms with Gasteiger partial charge in [-0.1, -0.05) is 57.0 Å². The van der Waals surface area contributed by atoms with Gasteiger partial charge in [-0.3, -0.25) is 0 Å². The van der Waals surface area contributed by atoms with Gasteiger partial charge in [0.25, 0.3) is 0 Å². The van der Waals surface area contributed by atoms with Gasteiger partial charge in [0.05, 0.1) is 19.8 Å². The minimum atomic E-state index is -1.33. The van der Waals surface area contributed by atoms with E-state index < -0.39 is 16.1 Å². The van der Waals surface area contributed by atoms with Gasteiger partial charge >= 0.3 is 0 Å². The van der Waals surface area contributed by atoms with Gasteiger partial charge in [0.1, 0.15) is 5.75 Å². The number of hydrogen-bond donors (Lipinski definition) is 1. The lowest BCUT2D eigenvalue weighted by Gasteiger charge is -2.40. The second-order valence-corrected chi connectivity index (χ2v) is 20.6. The van der Waals surface area contributed by atoms with Crippen LogP contribution >= 0.6 is 0 Å². The summed E-state index contributed by atoms with van der Waals surface area (Å²) in [4.78, 5) is 0. The standard InChI is InChI=1S/C21H38O3Si2/c1-17(21(25(3,4)5)26(6,7)8)15-19(22)13-14-24-16-18-9-11-20(23-2)12-10-18/h9-12,19,21-22H,1,13-16H2,2-8H3/t19-/m1/s1. The van der Waals surface area contributed by atoms with Crippen molar-refractivity contribution in [1.29, 1.82) is 0 Å². The maximum absolute atomic E-state index is 10.4. The van der Waals surface area contributed by atoms with Gasteiger partial charge in [-0.15, -0.1) is 6.58 Å². The third-order valence-electron chi connectivity index (χ3n) is 4.66. The van der Waals surface area contributed by atoms with Crippen LogP contribution in [-0.4, -0.2) is 41.1 Å². The Bertz CT molecular complexity index is 542. The molecular formula is C21H38O3Si2. The molecule has 0 aromatic heterocycles. The molecule has 0 saturated heterocycles. The SMILES string of the molecule is C=C(C[C@H](O)CCOCc1ccc(OC)cc1)C([Si](C)(C)C)[Si](C)(C)C. The van der Waals surface area contributed by atoms with Crippen molar-refractivity contribution in [3.8, 4) is 5.75 Å². The Morgan fingerprint density at radius 1 is 1.04 bits per heavy atom. The molecule has 0 saturated carbocycles. The van der Waals surface area contributed by atoms with E-state index in [4.69, 9.17) is 9.47 Å². The molecule has 1 aromatic rings. The van der Waals surface area contributed by atoms with E-state index in [0.717, 1.165) is 11.3 Å². The fourth-order valence-corrected chi connectivity index (χ4v) is 17.3. The van der Waals surface area contributed by atoms with Gasteiger partial charge in [-0.05, 0) is 35.7 Å². The van der Waals surface area contributed by atoms with E-state index in [1.54, 1.807) is 7.11 Å². The molecular weight excluding hydrogens is 356 g/mol. The van der Waals surface area contributed by atoms with Gasteiger partial charge in [-0.2, -0.15) is 0 Å². The van der Waals surface area contributed by atoms with Crippen LogP contribution in [0.3, 0.4) is 0 Å². The molecule has 1 rings (SSSR count). The Morgan fingerprint density at radius 2 is 1.58 bits per heavy atom. The van der Waals surface area contributed by atoms with Gasteiger partial charge in [-0.25, -0.2) is 0 Å². The van der Waals surface area contributed by atoms with E-state index in [-0.39, 0.29) is 6.10 Å². The van der Waals surface area contributed by atoms with Crippen molar-refractivity contribution >= 4 is 16.1 Å². The Balaban J connectivity index is 2.42. The fourth-order valence-electron chi connectivity index (χ4n) is 4.18. The molecule has 1 aromatic carbocycles. The maximum Gasteiger partial charge on any atom is 0.118 e. The zero-order chi connectivity index (χ0) is 20.0. The molecule has 1 N–H and O–H groups in total. The molecule has 1 atom stereocenters. The predicted octanol–water partition coefficient (Wildman–Crippen LogP) is 5.49. The van der Waals surface area contributed by atoms with Crippen molar-refractivity contribution in [3.05, 3.63) is 42.0 Å². The normalized spacial score (nSPS) is 13.7. The van der Waals surface area contributed by atoms with Crippen LogP contribution in [-0.2, 0) is 11.3 Å². The average molecular weight is 395 g/mol. The van der Waals surface area contributed by atoms with E-state index in [1.165, 1.54) is 5.57 Å². The summed E-state index contributed by atoms with van der Waals surface area (Å²) in [5.74, 6) is 0.849. The first-order valence-electron chi connectivity index (χ1n) is 9.51. The molecule has 0 unspecified atom stereocenters. The van der Waals surface area contributed by atoms with Crippen LogP contribution in [0, 0.1) is 0 Å². The number of aliphatic hydroxyl groups excluding tert-OH is 1. The van der Waals surface area contributed by atoms with Gasteiger partial charge in [0.15, 0.2) is 0 Å². The highest BCUT2D eigenvalue weighted by molar-refractivity contribution is 6.97. The van der Waals surface area contributed by atoms with Crippen molar-refractivity contribution in [1.82, 2.24) is 0 Å².